The molecule has 0 bridgehead atoms. The second-order valence-electron chi connectivity index (χ2n) is 7.60. The Bertz CT molecular complexity index is 1160. The van der Waals surface area contributed by atoms with E-state index >= 15 is 0 Å². The molecule has 1 aliphatic carbocycles. The van der Waals surface area contributed by atoms with Crippen molar-refractivity contribution in [1.29, 1.82) is 0 Å². The second kappa shape index (κ2) is 7.91. The summed E-state index contributed by atoms with van der Waals surface area (Å²) in [6.07, 6.45) is 2.22. The van der Waals surface area contributed by atoms with Crippen molar-refractivity contribution in [2.75, 3.05) is 19.0 Å². The summed E-state index contributed by atoms with van der Waals surface area (Å²) in [5, 5.41) is 8.19. The van der Waals surface area contributed by atoms with Crippen molar-refractivity contribution in [3.63, 3.8) is 0 Å². The lowest BCUT2D eigenvalue weighted by Gasteiger charge is -2.32. The van der Waals surface area contributed by atoms with Gasteiger partial charge in [-0.2, -0.15) is 4.98 Å². The van der Waals surface area contributed by atoms with Gasteiger partial charge in [0, 0.05) is 17.7 Å². The van der Waals surface area contributed by atoms with Crippen LogP contribution >= 0.6 is 0 Å². The fourth-order valence-electron chi connectivity index (χ4n) is 4.32. The minimum absolute atomic E-state index is 0.160. The van der Waals surface area contributed by atoms with E-state index in [2.05, 4.69) is 5.32 Å². The van der Waals surface area contributed by atoms with Crippen molar-refractivity contribution in [2.45, 2.75) is 32.2 Å². The van der Waals surface area contributed by atoms with Gasteiger partial charge >= 0.3 is 0 Å². The molecule has 2 heterocycles. The van der Waals surface area contributed by atoms with Gasteiger partial charge in [-0.25, -0.2) is 4.68 Å². The highest BCUT2D eigenvalue weighted by molar-refractivity contribution is 5.99. The predicted octanol–water partition coefficient (Wildman–Crippen LogP) is 4.37. The molecule has 1 N–H and O–H groups in total. The summed E-state index contributed by atoms with van der Waals surface area (Å²) in [7, 11) is 1.63. The second-order valence-corrected chi connectivity index (χ2v) is 7.60. The molecule has 0 saturated heterocycles. The van der Waals surface area contributed by atoms with Crippen LogP contribution in [-0.2, 0) is 4.79 Å². The van der Waals surface area contributed by atoms with Crippen molar-refractivity contribution < 1.29 is 14.3 Å². The largest absolute Gasteiger partial charge is 0.496 e. The summed E-state index contributed by atoms with van der Waals surface area (Å²) in [6, 6.07) is 15.2. The molecule has 1 atom stereocenters. The van der Waals surface area contributed by atoms with Gasteiger partial charge in [0.05, 0.1) is 19.3 Å². The molecule has 31 heavy (non-hydrogen) atoms. The van der Waals surface area contributed by atoms with Crippen LogP contribution in [0.5, 0.6) is 11.5 Å². The van der Waals surface area contributed by atoms with Gasteiger partial charge < -0.3 is 14.8 Å². The number of hydrogen-bond donors (Lipinski definition) is 1. The van der Waals surface area contributed by atoms with Crippen LogP contribution in [0.25, 0.3) is 11.4 Å². The van der Waals surface area contributed by atoms with Crippen LogP contribution in [-0.4, -0.2) is 34.3 Å². The molecule has 0 radical (unpaired) electrons. The topological polar surface area (TPSA) is 78.3 Å². The standard InChI is InChI=1S/C24H24N4O3/c1-3-31-16-13-11-15(12-14-16)22-21-18(8-6-9-19(21)29)25-24-26-23(27-28(22)24)17-7-4-5-10-20(17)30-2/h4-5,7,10-14,22H,3,6,8-9H2,1-2H3,(H,25,26,27). The molecule has 1 aromatic heterocycles. The number of Topliss-reactive ketones (excluding diaryl/α,β-unsaturated/α-hetero) is 1. The van der Waals surface area contributed by atoms with Crippen LogP contribution in [0.1, 0.15) is 37.8 Å². The Hall–Kier alpha value is -3.61. The molecule has 0 saturated carbocycles. The first-order chi connectivity index (χ1) is 15.2. The molecule has 0 fully saturated rings. The van der Waals surface area contributed by atoms with Gasteiger partial charge in [0.25, 0.3) is 0 Å². The Morgan fingerprint density at radius 2 is 1.94 bits per heavy atom. The Labute approximate surface area is 180 Å². The van der Waals surface area contributed by atoms with E-state index in [4.69, 9.17) is 19.6 Å². The smallest absolute Gasteiger partial charge is 0.226 e. The van der Waals surface area contributed by atoms with Gasteiger partial charge in [-0.3, -0.25) is 4.79 Å². The maximum absolute atomic E-state index is 13.0. The lowest BCUT2D eigenvalue weighted by Crippen LogP contribution is -2.31. The van der Waals surface area contributed by atoms with Crippen LogP contribution in [0, 0.1) is 0 Å². The Balaban J connectivity index is 1.64. The normalized spacial score (nSPS) is 17.6. The summed E-state index contributed by atoms with van der Waals surface area (Å²) in [5.41, 5.74) is 3.51. The van der Waals surface area contributed by atoms with E-state index < -0.39 is 0 Å². The van der Waals surface area contributed by atoms with E-state index in [1.165, 1.54) is 0 Å². The number of benzene rings is 2. The number of hydrogen-bond acceptors (Lipinski definition) is 6. The van der Waals surface area contributed by atoms with Crippen LogP contribution in [0.3, 0.4) is 0 Å². The molecule has 5 rings (SSSR count). The fraction of sp³-hybridized carbons (Fsp3) is 0.292. The molecule has 1 aliphatic heterocycles. The SMILES string of the molecule is CCOc1ccc(C2C3=C(CCCC3=O)Nc3nc(-c4ccccc4OC)nn32)cc1. The van der Waals surface area contributed by atoms with Gasteiger partial charge in [0.2, 0.25) is 5.95 Å². The van der Waals surface area contributed by atoms with Crippen molar-refractivity contribution in [3.8, 4) is 22.9 Å². The number of aromatic nitrogens is 3. The molecule has 7 heteroatoms. The van der Waals surface area contributed by atoms with Gasteiger partial charge in [-0.15, -0.1) is 5.10 Å². The number of nitrogens with one attached hydrogen (secondary N) is 1. The number of fused-ring (bicyclic) bond motifs is 1. The first-order valence-electron chi connectivity index (χ1n) is 10.6. The minimum atomic E-state index is -0.328. The molecule has 1 unspecified atom stereocenters. The Morgan fingerprint density at radius 3 is 2.71 bits per heavy atom. The molecule has 3 aromatic rings. The van der Waals surface area contributed by atoms with Gasteiger partial charge in [-0.1, -0.05) is 24.3 Å². The van der Waals surface area contributed by atoms with Crippen LogP contribution < -0.4 is 14.8 Å². The lowest BCUT2D eigenvalue weighted by molar-refractivity contribution is -0.116. The molecule has 158 valence electrons. The van der Waals surface area contributed by atoms with Crippen LogP contribution in [0.4, 0.5) is 5.95 Å². The molecule has 0 amide bonds. The van der Waals surface area contributed by atoms with E-state index in [0.717, 1.165) is 41.0 Å². The number of methoxy groups -OCH3 is 1. The lowest BCUT2D eigenvalue weighted by atomic mass is 9.85. The van der Waals surface area contributed by atoms with E-state index in [1.54, 1.807) is 7.11 Å². The Morgan fingerprint density at radius 1 is 1.13 bits per heavy atom. The number of carbonyl (C=O) groups excluding carboxylic acids is 1. The molecular formula is C24H24N4O3. The van der Waals surface area contributed by atoms with Crippen molar-refractivity contribution in [2.24, 2.45) is 0 Å². The van der Waals surface area contributed by atoms with Gasteiger partial charge in [0.15, 0.2) is 11.6 Å². The Kier molecular flexibility index (Phi) is 4.94. The number of carbonyl (C=O) groups is 1. The highest BCUT2D eigenvalue weighted by atomic mass is 16.5. The molecule has 2 aromatic carbocycles. The third-order valence-electron chi connectivity index (χ3n) is 5.72. The average molecular weight is 416 g/mol. The highest BCUT2D eigenvalue weighted by Gasteiger charge is 2.37. The van der Waals surface area contributed by atoms with Crippen molar-refractivity contribution in [1.82, 2.24) is 14.8 Å². The van der Waals surface area contributed by atoms with E-state index in [9.17, 15) is 4.79 Å². The fourth-order valence-corrected chi connectivity index (χ4v) is 4.32. The van der Waals surface area contributed by atoms with E-state index in [1.807, 2.05) is 60.1 Å². The summed E-state index contributed by atoms with van der Waals surface area (Å²) >= 11 is 0. The maximum atomic E-state index is 13.0. The third kappa shape index (κ3) is 3.36. The summed E-state index contributed by atoms with van der Waals surface area (Å²) < 4.78 is 12.9. The number of allylic oxidation sites excluding steroid dienone is 2. The first-order valence-corrected chi connectivity index (χ1v) is 10.6. The number of rotatable bonds is 5. The van der Waals surface area contributed by atoms with Crippen LogP contribution in [0.15, 0.2) is 59.8 Å². The quantitative estimate of drug-likeness (QED) is 0.665. The number of para-hydroxylation sites is 1. The maximum Gasteiger partial charge on any atom is 0.226 e. The van der Waals surface area contributed by atoms with E-state index in [0.29, 0.717) is 30.5 Å². The molecule has 0 spiro atoms. The number of ketones is 1. The van der Waals surface area contributed by atoms with E-state index in [-0.39, 0.29) is 11.8 Å². The number of anilines is 1. The van der Waals surface area contributed by atoms with Crippen molar-refractivity contribution >= 4 is 11.7 Å². The summed E-state index contributed by atoms with van der Waals surface area (Å²) in [6.45, 7) is 2.57. The van der Waals surface area contributed by atoms with Gasteiger partial charge in [-0.05, 0) is 49.6 Å². The number of nitrogens with zero attached hydrogens (tertiary/aromatic N) is 3. The highest BCUT2D eigenvalue weighted by Crippen LogP contribution is 2.41. The zero-order valence-electron chi connectivity index (χ0n) is 17.6. The predicted molar refractivity (Wildman–Crippen MR) is 117 cm³/mol. The van der Waals surface area contributed by atoms with Crippen LogP contribution in [0.2, 0.25) is 0 Å². The summed E-state index contributed by atoms with van der Waals surface area (Å²) in [4.78, 5) is 17.7. The minimum Gasteiger partial charge on any atom is -0.496 e. The molecule has 2 aliphatic rings. The van der Waals surface area contributed by atoms with Gasteiger partial charge in [0.1, 0.15) is 17.5 Å². The van der Waals surface area contributed by atoms with Crippen molar-refractivity contribution in [3.05, 3.63) is 65.4 Å². The zero-order chi connectivity index (χ0) is 21.4. The molecular weight excluding hydrogens is 392 g/mol. The number of ether oxygens (including phenoxy) is 2. The summed E-state index contributed by atoms with van der Waals surface area (Å²) in [5.74, 6) is 2.86. The monoisotopic (exact) mass is 416 g/mol. The average Bonchev–Trinajstić information content (AvgIpc) is 3.22. The first kappa shape index (κ1) is 19.4. The third-order valence-corrected chi connectivity index (χ3v) is 5.72. The zero-order valence-corrected chi connectivity index (χ0v) is 17.6. The molecule has 7 nitrogen and oxygen atoms in total.